The number of likely N-dealkylation sites (N-methyl/N-ethyl adjacent to an activating group) is 1. The summed E-state index contributed by atoms with van der Waals surface area (Å²) < 4.78 is 4.05. The van der Waals surface area contributed by atoms with E-state index in [2.05, 4.69) is 15.4 Å². The highest BCUT2D eigenvalue weighted by atomic mass is 32.1. The molecule has 0 saturated carbocycles. The van der Waals surface area contributed by atoms with Crippen LogP contribution in [0.2, 0.25) is 0 Å². The summed E-state index contributed by atoms with van der Waals surface area (Å²) >= 11 is 5.26. The normalized spacial score (nSPS) is 12.9. The summed E-state index contributed by atoms with van der Waals surface area (Å²) in [5.41, 5.74) is 2.59. The minimum Gasteiger partial charge on any atom is -0.357 e. The molecule has 0 saturated heterocycles. The largest absolute Gasteiger partial charge is 0.357 e. The zero-order valence-corrected chi connectivity index (χ0v) is 11.1. The fourth-order valence-corrected chi connectivity index (χ4v) is 2.36. The Morgan fingerprint density at radius 2 is 2.24 bits per heavy atom. The minimum absolute atomic E-state index is 0.0825. The maximum Gasteiger partial charge on any atom is 0.242 e. The van der Waals surface area contributed by atoms with Gasteiger partial charge in [-0.15, -0.1) is 0 Å². The number of nitrogens with one attached hydrogen (secondary N) is 2. The molecule has 0 aliphatic carbocycles. The van der Waals surface area contributed by atoms with Crippen LogP contribution in [0.4, 0.5) is 0 Å². The Morgan fingerprint density at radius 1 is 1.59 bits per heavy atom. The van der Waals surface area contributed by atoms with Crippen LogP contribution in [0.5, 0.6) is 0 Å². The Bertz CT molecular complexity index is 635. The Kier molecular flexibility index (Phi) is 2.78. The van der Waals surface area contributed by atoms with Crippen molar-refractivity contribution >= 4 is 29.3 Å². The minimum atomic E-state index is -0.365. The molecule has 2 heterocycles. The van der Waals surface area contributed by atoms with Crippen LogP contribution in [-0.4, -0.2) is 32.3 Å². The van der Waals surface area contributed by atoms with Gasteiger partial charge in [-0.05, 0) is 26.1 Å². The van der Waals surface area contributed by atoms with Crippen LogP contribution in [0.15, 0.2) is 0 Å². The predicted molar refractivity (Wildman–Crippen MR) is 67.4 cm³/mol. The number of fused-ring (bicyclic) bond motifs is 1. The van der Waals surface area contributed by atoms with Gasteiger partial charge in [-0.3, -0.25) is 14.0 Å². The van der Waals surface area contributed by atoms with Crippen molar-refractivity contribution in [1.82, 2.24) is 24.6 Å². The zero-order chi connectivity index (χ0) is 12.7. The summed E-state index contributed by atoms with van der Waals surface area (Å²) in [6.45, 7) is 3.72. The van der Waals surface area contributed by atoms with Gasteiger partial charge in [0.2, 0.25) is 5.91 Å². The van der Waals surface area contributed by atoms with E-state index in [9.17, 15) is 4.79 Å². The quantitative estimate of drug-likeness (QED) is 0.786. The lowest BCUT2D eigenvalue weighted by Crippen LogP contribution is -2.28. The van der Waals surface area contributed by atoms with E-state index in [4.69, 9.17) is 12.2 Å². The van der Waals surface area contributed by atoms with Gasteiger partial charge in [-0.1, -0.05) is 0 Å². The number of aromatic amines is 1. The molecule has 1 unspecified atom stereocenters. The van der Waals surface area contributed by atoms with Crippen LogP contribution in [0, 0.1) is 11.7 Å². The van der Waals surface area contributed by atoms with Crippen molar-refractivity contribution < 1.29 is 4.79 Å². The molecule has 6 nitrogen and oxygen atoms in total. The monoisotopic (exact) mass is 253 g/mol. The number of hydrogen-bond donors (Lipinski definition) is 2. The third-order valence-electron chi connectivity index (χ3n) is 2.88. The molecule has 92 valence electrons. The molecule has 0 aliphatic heterocycles. The lowest BCUT2D eigenvalue weighted by atomic mass is 10.3. The van der Waals surface area contributed by atoms with Gasteiger partial charge in [0.1, 0.15) is 11.6 Å². The molecule has 7 heteroatoms. The number of amides is 1. The van der Waals surface area contributed by atoms with Crippen molar-refractivity contribution in [1.29, 1.82) is 0 Å². The van der Waals surface area contributed by atoms with Crippen molar-refractivity contribution in [2.75, 3.05) is 7.05 Å². The van der Waals surface area contributed by atoms with Crippen LogP contribution in [-0.2, 0) is 11.8 Å². The van der Waals surface area contributed by atoms with Crippen LogP contribution in [0.1, 0.15) is 18.7 Å². The fraction of sp³-hybridized carbons (Fsp3) is 0.500. The van der Waals surface area contributed by atoms with Gasteiger partial charge in [-0.2, -0.15) is 5.10 Å². The van der Waals surface area contributed by atoms with Gasteiger partial charge in [0.15, 0.2) is 10.4 Å². The summed E-state index contributed by atoms with van der Waals surface area (Å²) in [7, 11) is 3.45. The molecule has 2 rings (SSSR count). The van der Waals surface area contributed by atoms with E-state index in [-0.39, 0.29) is 11.9 Å². The Labute approximate surface area is 104 Å². The summed E-state index contributed by atoms with van der Waals surface area (Å²) in [4.78, 5) is 14.8. The van der Waals surface area contributed by atoms with Crippen LogP contribution in [0.25, 0.3) is 11.2 Å². The van der Waals surface area contributed by atoms with Crippen molar-refractivity contribution in [2.24, 2.45) is 7.05 Å². The summed E-state index contributed by atoms with van der Waals surface area (Å²) in [5.74, 6) is -0.0825. The number of hydrogen-bond acceptors (Lipinski definition) is 3. The number of aryl methyl sites for hydroxylation is 2. The Hall–Kier alpha value is -1.63. The molecule has 1 atom stereocenters. The average molecular weight is 253 g/mol. The van der Waals surface area contributed by atoms with Crippen LogP contribution >= 0.6 is 12.2 Å². The standard InChI is InChI=1S/C10H15N5OS/c1-5-7-9(14(4)13-5)15(10(17)12-7)6(2)8(16)11-3/h6H,1-4H3,(H,11,16)(H,12,17). The first-order valence-corrected chi connectivity index (χ1v) is 5.73. The first kappa shape index (κ1) is 11.8. The van der Waals surface area contributed by atoms with Gasteiger partial charge in [0.25, 0.3) is 0 Å². The number of H-pyrrole nitrogens is 1. The molecule has 0 aliphatic rings. The predicted octanol–water partition coefficient (Wildman–Crippen LogP) is 1.05. The van der Waals surface area contributed by atoms with Crippen molar-refractivity contribution in [2.45, 2.75) is 19.9 Å². The molecule has 0 bridgehead atoms. The molecule has 0 radical (unpaired) electrons. The molecule has 0 aromatic carbocycles. The molecule has 2 aromatic heterocycles. The maximum absolute atomic E-state index is 11.7. The first-order chi connectivity index (χ1) is 7.97. The SMILES string of the molecule is CNC(=O)C(C)n1c(=S)[nH]c2c(C)nn(C)c21. The van der Waals surface area contributed by atoms with E-state index in [1.807, 2.05) is 20.9 Å². The summed E-state index contributed by atoms with van der Waals surface area (Å²) in [6, 6.07) is -0.365. The zero-order valence-electron chi connectivity index (χ0n) is 10.2. The second-order valence-corrected chi connectivity index (χ2v) is 4.38. The fourth-order valence-electron chi connectivity index (χ4n) is 2.02. The van der Waals surface area contributed by atoms with E-state index in [1.54, 1.807) is 16.3 Å². The molecule has 17 heavy (non-hydrogen) atoms. The molecular formula is C10H15N5OS. The molecule has 0 fully saturated rings. The Balaban J connectivity index is 2.72. The van der Waals surface area contributed by atoms with Crippen molar-refractivity contribution in [3.63, 3.8) is 0 Å². The van der Waals surface area contributed by atoms with Gasteiger partial charge in [0, 0.05) is 14.1 Å². The maximum atomic E-state index is 11.7. The van der Waals surface area contributed by atoms with E-state index < -0.39 is 0 Å². The number of nitrogens with zero attached hydrogens (tertiary/aromatic N) is 3. The van der Waals surface area contributed by atoms with Crippen LogP contribution < -0.4 is 5.32 Å². The van der Waals surface area contributed by atoms with E-state index in [0.29, 0.717) is 4.77 Å². The highest BCUT2D eigenvalue weighted by Crippen LogP contribution is 2.21. The third-order valence-corrected chi connectivity index (χ3v) is 3.18. The molecule has 1 amide bonds. The molecule has 2 aromatic rings. The number of imidazole rings is 1. The molecular weight excluding hydrogens is 238 g/mol. The topological polar surface area (TPSA) is 67.6 Å². The second kappa shape index (κ2) is 3.99. The van der Waals surface area contributed by atoms with Crippen molar-refractivity contribution in [3.8, 4) is 0 Å². The van der Waals surface area contributed by atoms with Gasteiger partial charge >= 0.3 is 0 Å². The molecule has 0 spiro atoms. The molecule has 2 N–H and O–H groups in total. The second-order valence-electron chi connectivity index (χ2n) is 4.00. The highest BCUT2D eigenvalue weighted by Gasteiger charge is 2.20. The van der Waals surface area contributed by atoms with Gasteiger partial charge in [0.05, 0.1) is 5.69 Å². The van der Waals surface area contributed by atoms with Gasteiger partial charge < -0.3 is 10.3 Å². The lowest BCUT2D eigenvalue weighted by Gasteiger charge is -2.12. The first-order valence-electron chi connectivity index (χ1n) is 5.32. The average Bonchev–Trinajstić information content (AvgIpc) is 2.76. The number of rotatable bonds is 2. The summed E-state index contributed by atoms with van der Waals surface area (Å²) in [5, 5.41) is 6.93. The number of carbonyl (C=O) groups is 1. The van der Waals surface area contributed by atoms with E-state index in [0.717, 1.165) is 16.9 Å². The number of carbonyl (C=O) groups excluding carboxylic acids is 1. The van der Waals surface area contributed by atoms with Crippen molar-refractivity contribution in [3.05, 3.63) is 10.5 Å². The Morgan fingerprint density at radius 3 is 2.82 bits per heavy atom. The highest BCUT2D eigenvalue weighted by molar-refractivity contribution is 7.71. The number of aromatic nitrogens is 4. The van der Waals surface area contributed by atoms with Gasteiger partial charge in [-0.25, -0.2) is 0 Å². The smallest absolute Gasteiger partial charge is 0.242 e. The van der Waals surface area contributed by atoms with E-state index >= 15 is 0 Å². The van der Waals surface area contributed by atoms with E-state index in [1.165, 1.54) is 0 Å². The van der Waals surface area contributed by atoms with Crippen LogP contribution in [0.3, 0.4) is 0 Å². The summed E-state index contributed by atoms with van der Waals surface area (Å²) in [6.07, 6.45) is 0. The third kappa shape index (κ3) is 1.66. The lowest BCUT2D eigenvalue weighted by molar-refractivity contribution is -0.123.